The predicted molar refractivity (Wildman–Crippen MR) is 167 cm³/mol. The molecule has 2 atom stereocenters. The lowest BCUT2D eigenvalue weighted by Gasteiger charge is -2.30. The molecule has 0 aliphatic carbocycles. The summed E-state index contributed by atoms with van der Waals surface area (Å²) in [6, 6.07) is 11.8. The molecule has 6 rings (SSSR count). The monoisotopic (exact) mass is 669 g/mol. The summed E-state index contributed by atoms with van der Waals surface area (Å²) in [5.74, 6) is 1.41. The molecule has 4 heterocycles. The topological polar surface area (TPSA) is 115 Å². The van der Waals surface area contributed by atoms with E-state index in [2.05, 4.69) is 52.0 Å². The normalized spacial score (nSPS) is 17.7. The average molecular weight is 670 g/mol. The molecule has 0 fully saturated rings. The SMILES string of the molecule is Cn1nc(I)c2ccc(C(C)(O)CCC(C)(O)c3ccc4c(Nc5cnn6c5OCC(C)(C)C6)nn(C)c4c3)cc21. The summed E-state index contributed by atoms with van der Waals surface area (Å²) in [6.45, 7) is 9.32. The van der Waals surface area contributed by atoms with Gasteiger partial charge in [0.05, 0.1) is 41.6 Å². The number of halogens is 1. The third-order valence-electron chi connectivity index (χ3n) is 8.22. The van der Waals surface area contributed by atoms with Crippen molar-refractivity contribution in [3.63, 3.8) is 0 Å². The fourth-order valence-corrected chi connectivity index (χ4v) is 6.36. The first-order valence-corrected chi connectivity index (χ1v) is 14.8. The first-order valence-electron chi connectivity index (χ1n) is 13.7. The highest BCUT2D eigenvalue weighted by Gasteiger charge is 2.32. The van der Waals surface area contributed by atoms with Crippen molar-refractivity contribution in [1.82, 2.24) is 29.3 Å². The standard InChI is InChI=1S/C30H36IN7O3/c1-28(2)16-38-27(41-17-28)22(15-32-38)33-26-21-10-8-19(14-24(21)37(6)35-26)30(4,40)12-11-29(3,39)18-7-9-20-23(13-18)36(5)34-25(20)31/h7-10,13-15,39-40H,11-12,16-17H2,1-6H3,(H,33,35). The Labute approximate surface area is 252 Å². The Morgan fingerprint density at radius 3 is 2.20 bits per heavy atom. The number of aliphatic hydroxyl groups is 2. The van der Waals surface area contributed by atoms with Crippen LogP contribution in [-0.2, 0) is 31.8 Å². The molecule has 11 heteroatoms. The Bertz CT molecular complexity index is 1780. The number of nitrogens with one attached hydrogen (secondary N) is 1. The maximum atomic E-state index is 11.6. The molecule has 1 aliphatic heterocycles. The highest BCUT2D eigenvalue weighted by Crippen LogP contribution is 2.39. The number of rotatable bonds is 7. The second kappa shape index (κ2) is 9.70. The lowest BCUT2D eigenvalue weighted by Crippen LogP contribution is -2.33. The number of benzene rings is 2. The molecule has 0 amide bonds. The van der Waals surface area contributed by atoms with Gasteiger partial charge < -0.3 is 20.3 Å². The Kier molecular flexibility index (Phi) is 6.62. The van der Waals surface area contributed by atoms with Crippen LogP contribution in [0, 0.1) is 9.12 Å². The zero-order valence-electron chi connectivity index (χ0n) is 24.2. The second-order valence-electron chi connectivity index (χ2n) is 12.5. The molecule has 0 spiro atoms. The van der Waals surface area contributed by atoms with Crippen molar-refractivity contribution in [2.75, 3.05) is 11.9 Å². The minimum atomic E-state index is -1.16. The highest BCUT2D eigenvalue weighted by molar-refractivity contribution is 14.1. The van der Waals surface area contributed by atoms with E-state index in [0.717, 1.165) is 48.9 Å². The molecule has 0 radical (unpaired) electrons. The van der Waals surface area contributed by atoms with E-state index >= 15 is 0 Å². The van der Waals surface area contributed by atoms with Gasteiger partial charge in [-0.1, -0.05) is 26.0 Å². The van der Waals surface area contributed by atoms with Gasteiger partial charge in [-0.3, -0.25) is 9.36 Å². The quantitative estimate of drug-likeness (QED) is 0.201. The number of aryl methyl sites for hydroxylation is 2. The van der Waals surface area contributed by atoms with Gasteiger partial charge in [-0.15, -0.1) is 0 Å². The van der Waals surface area contributed by atoms with Crippen molar-refractivity contribution >= 4 is 55.9 Å². The van der Waals surface area contributed by atoms with Crippen molar-refractivity contribution in [2.45, 2.75) is 58.3 Å². The molecule has 2 unspecified atom stereocenters. The van der Waals surface area contributed by atoms with Crippen LogP contribution in [0.2, 0.25) is 0 Å². The number of fused-ring (bicyclic) bond motifs is 3. The van der Waals surface area contributed by atoms with Crippen LogP contribution in [0.3, 0.4) is 0 Å². The van der Waals surface area contributed by atoms with Crippen LogP contribution in [0.4, 0.5) is 11.5 Å². The van der Waals surface area contributed by atoms with Crippen molar-refractivity contribution in [3.8, 4) is 5.88 Å². The number of ether oxygens (including phenoxy) is 1. The van der Waals surface area contributed by atoms with E-state index in [1.807, 2.05) is 59.9 Å². The van der Waals surface area contributed by atoms with E-state index in [4.69, 9.17) is 9.84 Å². The molecule has 3 N–H and O–H groups in total. The minimum Gasteiger partial charge on any atom is -0.476 e. The summed E-state index contributed by atoms with van der Waals surface area (Å²) in [6.07, 6.45) is 2.51. The Balaban J connectivity index is 1.22. The van der Waals surface area contributed by atoms with Crippen LogP contribution in [0.25, 0.3) is 21.8 Å². The molecule has 0 saturated carbocycles. The summed E-state index contributed by atoms with van der Waals surface area (Å²) in [4.78, 5) is 0. The lowest BCUT2D eigenvalue weighted by molar-refractivity contribution is -0.00764. The van der Waals surface area contributed by atoms with E-state index in [1.165, 1.54) is 0 Å². The van der Waals surface area contributed by atoms with Crippen LogP contribution in [0.5, 0.6) is 5.88 Å². The third kappa shape index (κ3) is 5.08. The Morgan fingerprint density at radius 1 is 0.951 bits per heavy atom. The minimum absolute atomic E-state index is 0.0282. The van der Waals surface area contributed by atoms with Crippen molar-refractivity contribution in [1.29, 1.82) is 0 Å². The molecule has 1 aliphatic rings. The molecule has 41 heavy (non-hydrogen) atoms. The molecule has 2 aromatic carbocycles. The summed E-state index contributed by atoms with van der Waals surface area (Å²) < 4.78 is 12.5. The number of aromatic nitrogens is 6. The number of hydrogen-bond donors (Lipinski definition) is 3. The molecule has 5 aromatic rings. The lowest BCUT2D eigenvalue weighted by atomic mass is 9.83. The molecule has 0 saturated heterocycles. The number of anilines is 2. The fraction of sp³-hybridized carbons (Fsp3) is 0.433. The molecule has 216 valence electrons. The molecular formula is C30H36IN7O3. The average Bonchev–Trinajstić information content (AvgIpc) is 3.55. The second-order valence-corrected chi connectivity index (χ2v) is 13.5. The van der Waals surface area contributed by atoms with Gasteiger partial charge in [0.25, 0.3) is 0 Å². The van der Waals surface area contributed by atoms with E-state index < -0.39 is 11.2 Å². The van der Waals surface area contributed by atoms with Crippen molar-refractivity contribution in [2.24, 2.45) is 19.5 Å². The van der Waals surface area contributed by atoms with E-state index in [1.54, 1.807) is 24.7 Å². The van der Waals surface area contributed by atoms with Crippen LogP contribution >= 0.6 is 22.6 Å². The van der Waals surface area contributed by atoms with Gasteiger partial charge in [0.2, 0.25) is 5.88 Å². The third-order valence-corrected chi connectivity index (χ3v) is 9.02. The van der Waals surface area contributed by atoms with Crippen molar-refractivity contribution in [3.05, 3.63) is 57.4 Å². The smallest absolute Gasteiger partial charge is 0.236 e. The van der Waals surface area contributed by atoms with Gasteiger partial charge in [-0.25, -0.2) is 4.68 Å². The zero-order valence-corrected chi connectivity index (χ0v) is 26.4. The molecule has 10 nitrogen and oxygen atoms in total. The first kappa shape index (κ1) is 28.0. The Morgan fingerprint density at radius 2 is 1.54 bits per heavy atom. The fourth-order valence-electron chi connectivity index (χ4n) is 5.58. The van der Waals surface area contributed by atoms with Gasteiger partial charge in [0, 0.05) is 30.3 Å². The summed E-state index contributed by atoms with van der Waals surface area (Å²) in [5, 5.41) is 42.0. The maximum Gasteiger partial charge on any atom is 0.236 e. The van der Waals surface area contributed by atoms with Gasteiger partial charge >= 0.3 is 0 Å². The van der Waals surface area contributed by atoms with Gasteiger partial charge in [0.15, 0.2) is 5.82 Å². The van der Waals surface area contributed by atoms with Gasteiger partial charge in [-0.05, 0) is 84.7 Å². The molecule has 3 aromatic heterocycles. The largest absolute Gasteiger partial charge is 0.476 e. The van der Waals surface area contributed by atoms with E-state index in [0.29, 0.717) is 31.1 Å². The van der Waals surface area contributed by atoms with Crippen molar-refractivity contribution < 1.29 is 14.9 Å². The van der Waals surface area contributed by atoms with Crippen LogP contribution < -0.4 is 10.1 Å². The summed E-state index contributed by atoms with van der Waals surface area (Å²) in [7, 11) is 3.79. The predicted octanol–water partition coefficient (Wildman–Crippen LogP) is 5.32. The van der Waals surface area contributed by atoms with Crippen LogP contribution in [0.1, 0.15) is 51.7 Å². The first-order chi connectivity index (χ1) is 19.2. The van der Waals surface area contributed by atoms with Crippen LogP contribution in [-0.4, -0.2) is 46.2 Å². The molecule has 0 bridgehead atoms. The van der Waals surface area contributed by atoms with Crippen LogP contribution in [0.15, 0.2) is 42.6 Å². The van der Waals surface area contributed by atoms with Gasteiger partial charge in [-0.2, -0.15) is 15.3 Å². The summed E-state index contributed by atoms with van der Waals surface area (Å²) >= 11 is 2.22. The van der Waals surface area contributed by atoms with Gasteiger partial charge in [0.1, 0.15) is 9.39 Å². The number of nitrogens with zero attached hydrogens (tertiary/aromatic N) is 6. The Hall–Kier alpha value is -3.16. The maximum absolute atomic E-state index is 11.6. The van der Waals surface area contributed by atoms with E-state index in [-0.39, 0.29) is 5.41 Å². The number of hydrogen-bond acceptors (Lipinski definition) is 7. The summed E-state index contributed by atoms with van der Waals surface area (Å²) in [5.41, 5.74) is 1.94. The zero-order chi connectivity index (χ0) is 29.3. The van der Waals surface area contributed by atoms with E-state index in [9.17, 15) is 10.2 Å². The molecular weight excluding hydrogens is 633 g/mol. The highest BCUT2D eigenvalue weighted by atomic mass is 127.